The van der Waals surface area contributed by atoms with E-state index < -0.39 is 10.0 Å². The lowest BCUT2D eigenvalue weighted by Gasteiger charge is -2.16. The van der Waals surface area contributed by atoms with Gasteiger partial charge in [0.25, 0.3) is 0 Å². The fourth-order valence-corrected chi connectivity index (χ4v) is 3.43. The van der Waals surface area contributed by atoms with Gasteiger partial charge in [0.1, 0.15) is 0 Å². The Bertz CT molecular complexity index is 524. The molecule has 0 aromatic heterocycles. The van der Waals surface area contributed by atoms with Gasteiger partial charge in [-0.25, -0.2) is 13.1 Å². The molecule has 5 heteroatoms. The van der Waals surface area contributed by atoms with Crippen molar-refractivity contribution < 1.29 is 8.42 Å². The fourth-order valence-electron chi connectivity index (χ4n) is 2.12. The lowest BCUT2D eigenvalue weighted by Crippen LogP contribution is -2.33. The summed E-state index contributed by atoms with van der Waals surface area (Å²) in [7, 11) is -3.46. The van der Waals surface area contributed by atoms with Crippen molar-refractivity contribution in [3.63, 3.8) is 0 Å². The number of sulfonamides is 1. The summed E-state index contributed by atoms with van der Waals surface area (Å²) in [4.78, 5) is 0.286. The third-order valence-electron chi connectivity index (χ3n) is 3.03. The number of hydrogen-bond donors (Lipinski definition) is 2. The van der Waals surface area contributed by atoms with Gasteiger partial charge in [-0.1, -0.05) is 19.9 Å². The molecule has 0 aliphatic heterocycles. The van der Waals surface area contributed by atoms with Gasteiger partial charge in [-0.05, 0) is 49.4 Å². The molecule has 0 aliphatic carbocycles. The lowest BCUT2D eigenvalue weighted by molar-refractivity contribution is 0.482. The molecule has 0 amide bonds. The van der Waals surface area contributed by atoms with Crippen LogP contribution < -0.4 is 10.5 Å². The number of aryl methyl sites for hydroxylation is 1. The number of nitrogens with two attached hydrogens (primary N) is 1. The largest absolute Gasteiger partial charge is 0.326 e. The monoisotopic (exact) mass is 284 g/mol. The summed E-state index contributed by atoms with van der Waals surface area (Å²) in [5.74, 6) is 0.454. The van der Waals surface area contributed by atoms with E-state index in [1.54, 1.807) is 18.2 Å². The first kappa shape index (κ1) is 16.1. The normalized spacial score (nSPS) is 13.8. The Kier molecular flexibility index (Phi) is 5.52. The van der Waals surface area contributed by atoms with Crippen LogP contribution in [-0.4, -0.2) is 14.5 Å². The Labute approximate surface area is 116 Å². The minimum absolute atomic E-state index is 0.0763. The van der Waals surface area contributed by atoms with E-state index in [9.17, 15) is 8.42 Å². The van der Waals surface area contributed by atoms with Crippen LogP contribution in [0.3, 0.4) is 0 Å². The molecule has 1 atom stereocenters. The highest BCUT2D eigenvalue weighted by atomic mass is 32.2. The van der Waals surface area contributed by atoms with Gasteiger partial charge in [-0.2, -0.15) is 0 Å². The molecule has 3 N–H and O–H groups in total. The lowest BCUT2D eigenvalue weighted by atomic mass is 10.1. The standard InChI is InChI=1S/C14H24N2O2S/c1-10(2)7-12(4)16-19(17,18)14-6-5-11(3)13(8-14)9-15/h5-6,8,10,12,16H,7,9,15H2,1-4H3. The number of hydrogen-bond acceptors (Lipinski definition) is 3. The summed E-state index contributed by atoms with van der Waals surface area (Å²) < 4.78 is 27.2. The summed E-state index contributed by atoms with van der Waals surface area (Å²) in [5.41, 5.74) is 7.49. The van der Waals surface area contributed by atoms with Crippen molar-refractivity contribution in [2.45, 2.75) is 51.6 Å². The van der Waals surface area contributed by atoms with Gasteiger partial charge >= 0.3 is 0 Å². The second-order valence-corrected chi connectivity index (χ2v) is 7.16. The van der Waals surface area contributed by atoms with E-state index in [4.69, 9.17) is 5.73 Å². The van der Waals surface area contributed by atoms with Crippen molar-refractivity contribution in [3.8, 4) is 0 Å². The summed E-state index contributed by atoms with van der Waals surface area (Å²) >= 11 is 0. The van der Waals surface area contributed by atoms with E-state index in [-0.39, 0.29) is 10.9 Å². The second-order valence-electron chi connectivity index (χ2n) is 5.44. The van der Waals surface area contributed by atoms with E-state index in [2.05, 4.69) is 18.6 Å². The molecular weight excluding hydrogens is 260 g/mol. The van der Waals surface area contributed by atoms with Crippen molar-refractivity contribution in [3.05, 3.63) is 29.3 Å². The van der Waals surface area contributed by atoms with Crippen LogP contribution in [0.1, 0.15) is 38.3 Å². The molecule has 0 saturated heterocycles. The van der Waals surface area contributed by atoms with Gasteiger partial charge < -0.3 is 5.73 Å². The highest BCUT2D eigenvalue weighted by Gasteiger charge is 2.18. The average molecular weight is 284 g/mol. The summed E-state index contributed by atoms with van der Waals surface area (Å²) in [6.45, 7) is 8.30. The van der Waals surface area contributed by atoms with Crippen LogP contribution in [0.4, 0.5) is 0 Å². The van der Waals surface area contributed by atoms with Crippen LogP contribution in [0, 0.1) is 12.8 Å². The molecule has 108 valence electrons. The Morgan fingerprint density at radius 3 is 2.42 bits per heavy atom. The van der Waals surface area contributed by atoms with Crippen molar-refractivity contribution in [2.75, 3.05) is 0 Å². The maximum atomic E-state index is 12.3. The Hall–Kier alpha value is -0.910. The first-order chi connectivity index (χ1) is 8.76. The predicted octanol–water partition coefficient (Wildman–Crippen LogP) is 2.17. The average Bonchev–Trinajstić information content (AvgIpc) is 2.27. The quantitative estimate of drug-likeness (QED) is 0.841. The van der Waals surface area contributed by atoms with E-state index in [1.165, 1.54) is 0 Å². The van der Waals surface area contributed by atoms with Gasteiger partial charge in [0.15, 0.2) is 0 Å². The molecule has 0 aliphatic rings. The summed E-state index contributed by atoms with van der Waals surface area (Å²) in [6.07, 6.45) is 0.814. The second kappa shape index (κ2) is 6.50. The number of benzene rings is 1. The van der Waals surface area contributed by atoms with Gasteiger partial charge in [0.2, 0.25) is 10.0 Å². The smallest absolute Gasteiger partial charge is 0.240 e. The van der Waals surface area contributed by atoms with Crippen LogP contribution in [0.15, 0.2) is 23.1 Å². The van der Waals surface area contributed by atoms with Crippen molar-refractivity contribution in [2.24, 2.45) is 11.7 Å². The minimum Gasteiger partial charge on any atom is -0.326 e. The minimum atomic E-state index is -3.46. The molecule has 0 spiro atoms. The molecule has 0 radical (unpaired) electrons. The first-order valence-electron chi connectivity index (χ1n) is 6.58. The SMILES string of the molecule is Cc1ccc(S(=O)(=O)NC(C)CC(C)C)cc1CN. The highest BCUT2D eigenvalue weighted by molar-refractivity contribution is 7.89. The molecular formula is C14H24N2O2S. The Morgan fingerprint density at radius 1 is 1.26 bits per heavy atom. The van der Waals surface area contributed by atoms with Crippen molar-refractivity contribution in [1.29, 1.82) is 0 Å². The van der Waals surface area contributed by atoms with Crippen LogP contribution in [0.5, 0.6) is 0 Å². The van der Waals surface area contributed by atoms with E-state index >= 15 is 0 Å². The number of rotatable bonds is 6. The van der Waals surface area contributed by atoms with E-state index in [0.29, 0.717) is 12.5 Å². The van der Waals surface area contributed by atoms with E-state index in [1.807, 2.05) is 13.8 Å². The number of nitrogens with one attached hydrogen (secondary N) is 1. The molecule has 1 aromatic carbocycles. The molecule has 0 bridgehead atoms. The zero-order chi connectivity index (χ0) is 14.6. The molecule has 19 heavy (non-hydrogen) atoms. The van der Waals surface area contributed by atoms with Gasteiger partial charge in [0.05, 0.1) is 4.90 Å². The van der Waals surface area contributed by atoms with Crippen molar-refractivity contribution >= 4 is 10.0 Å². The zero-order valence-electron chi connectivity index (χ0n) is 12.1. The van der Waals surface area contributed by atoms with Crippen LogP contribution in [-0.2, 0) is 16.6 Å². The Morgan fingerprint density at radius 2 is 1.89 bits per heavy atom. The molecule has 1 rings (SSSR count). The molecule has 1 unspecified atom stereocenters. The van der Waals surface area contributed by atoms with Crippen molar-refractivity contribution in [1.82, 2.24) is 4.72 Å². The molecule has 4 nitrogen and oxygen atoms in total. The topological polar surface area (TPSA) is 72.2 Å². The van der Waals surface area contributed by atoms with Crippen LogP contribution in [0.2, 0.25) is 0 Å². The van der Waals surface area contributed by atoms with Crippen LogP contribution >= 0.6 is 0 Å². The molecule has 1 aromatic rings. The molecule has 0 fully saturated rings. The summed E-state index contributed by atoms with van der Waals surface area (Å²) in [5, 5.41) is 0. The van der Waals surface area contributed by atoms with Crippen LogP contribution in [0.25, 0.3) is 0 Å². The third-order valence-corrected chi connectivity index (χ3v) is 4.62. The molecule has 0 heterocycles. The fraction of sp³-hybridized carbons (Fsp3) is 0.571. The molecule has 0 saturated carbocycles. The maximum Gasteiger partial charge on any atom is 0.240 e. The van der Waals surface area contributed by atoms with Gasteiger partial charge in [-0.3, -0.25) is 0 Å². The maximum absolute atomic E-state index is 12.3. The zero-order valence-corrected chi connectivity index (χ0v) is 12.9. The van der Waals surface area contributed by atoms with Gasteiger partial charge in [0, 0.05) is 12.6 Å². The van der Waals surface area contributed by atoms with E-state index in [0.717, 1.165) is 17.5 Å². The highest BCUT2D eigenvalue weighted by Crippen LogP contribution is 2.16. The predicted molar refractivity (Wildman–Crippen MR) is 78.3 cm³/mol. The summed E-state index contributed by atoms with van der Waals surface area (Å²) in [6, 6.07) is 5.00. The Balaban J connectivity index is 2.94. The van der Waals surface area contributed by atoms with Gasteiger partial charge in [-0.15, -0.1) is 0 Å². The third kappa shape index (κ3) is 4.60. The first-order valence-corrected chi connectivity index (χ1v) is 8.06.